The first-order valence-electron chi connectivity index (χ1n) is 9.05. The summed E-state index contributed by atoms with van der Waals surface area (Å²) in [5.74, 6) is -1.27. The highest BCUT2D eigenvalue weighted by atomic mass is 19.1. The topological polar surface area (TPSA) is 68.5 Å². The standard InChI is InChI=1S/C22H22FNO4/c1-13-4-9-19-17(12-27-20(19)10-13)11-21(25)28-15(3)22(26)24-14(2)16-5-7-18(23)8-6-16/h4-10,12,14-15H,11H2,1-3H3,(H,24,26)/t14-,15-/m1/s1. The molecule has 28 heavy (non-hydrogen) atoms. The van der Waals surface area contributed by atoms with Crippen molar-refractivity contribution in [3.05, 3.63) is 71.2 Å². The Bertz CT molecular complexity index is 993. The second-order valence-corrected chi connectivity index (χ2v) is 6.85. The molecular formula is C22H22FNO4. The molecular weight excluding hydrogens is 361 g/mol. The lowest BCUT2D eigenvalue weighted by Crippen LogP contribution is -2.37. The van der Waals surface area contributed by atoms with Crippen molar-refractivity contribution in [3.8, 4) is 0 Å². The Morgan fingerprint density at radius 1 is 1.14 bits per heavy atom. The van der Waals surface area contributed by atoms with Crippen molar-refractivity contribution in [1.29, 1.82) is 0 Å². The molecule has 0 spiro atoms. The molecule has 1 N–H and O–H groups in total. The fourth-order valence-electron chi connectivity index (χ4n) is 2.94. The zero-order valence-electron chi connectivity index (χ0n) is 16.0. The van der Waals surface area contributed by atoms with Gasteiger partial charge >= 0.3 is 5.97 Å². The highest BCUT2D eigenvalue weighted by Crippen LogP contribution is 2.23. The third-order valence-corrected chi connectivity index (χ3v) is 4.55. The third kappa shape index (κ3) is 4.57. The minimum absolute atomic E-state index is 0.0151. The summed E-state index contributed by atoms with van der Waals surface area (Å²) in [5, 5.41) is 3.61. The Morgan fingerprint density at radius 3 is 2.57 bits per heavy atom. The van der Waals surface area contributed by atoms with Crippen LogP contribution in [0.5, 0.6) is 0 Å². The molecule has 5 nitrogen and oxygen atoms in total. The molecule has 6 heteroatoms. The molecule has 1 heterocycles. The number of carbonyl (C=O) groups excluding carboxylic acids is 2. The quantitative estimate of drug-likeness (QED) is 0.647. The lowest BCUT2D eigenvalue weighted by molar-refractivity contribution is -0.154. The smallest absolute Gasteiger partial charge is 0.311 e. The maximum absolute atomic E-state index is 13.0. The molecule has 0 aliphatic rings. The number of carbonyl (C=O) groups is 2. The van der Waals surface area contributed by atoms with Gasteiger partial charge in [-0.05, 0) is 50.1 Å². The molecule has 0 saturated carbocycles. The average Bonchev–Trinajstić information content (AvgIpc) is 3.03. The van der Waals surface area contributed by atoms with E-state index < -0.39 is 18.0 Å². The molecule has 1 aromatic heterocycles. The summed E-state index contributed by atoms with van der Waals surface area (Å²) in [6, 6.07) is 11.3. The van der Waals surface area contributed by atoms with E-state index in [1.165, 1.54) is 25.3 Å². The summed E-state index contributed by atoms with van der Waals surface area (Å²) in [6.07, 6.45) is 0.601. The number of aryl methyl sites for hydroxylation is 1. The van der Waals surface area contributed by atoms with Gasteiger partial charge in [-0.15, -0.1) is 0 Å². The fourth-order valence-corrected chi connectivity index (χ4v) is 2.94. The average molecular weight is 383 g/mol. The second-order valence-electron chi connectivity index (χ2n) is 6.85. The predicted molar refractivity (Wildman–Crippen MR) is 103 cm³/mol. The zero-order valence-corrected chi connectivity index (χ0v) is 16.0. The van der Waals surface area contributed by atoms with Crippen molar-refractivity contribution in [1.82, 2.24) is 5.32 Å². The van der Waals surface area contributed by atoms with Crippen LogP contribution in [0.1, 0.15) is 36.6 Å². The van der Waals surface area contributed by atoms with Gasteiger partial charge in [-0.25, -0.2) is 4.39 Å². The molecule has 0 saturated heterocycles. The molecule has 0 aliphatic carbocycles. The molecule has 2 atom stereocenters. The lowest BCUT2D eigenvalue weighted by atomic mass is 10.1. The predicted octanol–water partition coefficient (Wildman–Crippen LogP) is 4.23. The number of furan rings is 1. The number of esters is 1. The first kappa shape index (κ1) is 19.6. The summed E-state index contributed by atoms with van der Waals surface area (Å²) in [7, 11) is 0. The van der Waals surface area contributed by atoms with Crippen LogP contribution < -0.4 is 5.32 Å². The van der Waals surface area contributed by atoms with E-state index in [0.29, 0.717) is 11.1 Å². The van der Waals surface area contributed by atoms with Gasteiger partial charge in [-0.3, -0.25) is 9.59 Å². The van der Waals surface area contributed by atoms with Crippen molar-refractivity contribution in [2.24, 2.45) is 0 Å². The van der Waals surface area contributed by atoms with E-state index in [1.54, 1.807) is 19.1 Å². The van der Waals surface area contributed by atoms with Crippen LogP contribution in [0.3, 0.4) is 0 Å². The van der Waals surface area contributed by atoms with Crippen molar-refractivity contribution in [3.63, 3.8) is 0 Å². The Morgan fingerprint density at radius 2 is 1.86 bits per heavy atom. The number of halogens is 1. The number of hydrogen-bond donors (Lipinski definition) is 1. The number of amides is 1. The van der Waals surface area contributed by atoms with Crippen LogP contribution in [0.2, 0.25) is 0 Å². The molecule has 3 aromatic rings. The van der Waals surface area contributed by atoms with Crippen LogP contribution in [-0.2, 0) is 20.7 Å². The maximum atomic E-state index is 13.0. The molecule has 2 aromatic carbocycles. The van der Waals surface area contributed by atoms with Crippen LogP contribution in [0.25, 0.3) is 11.0 Å². The molecule has 1 amide bonds. The van der Waals surface area contributed by atoms with Crippen LogP contribution in [0, 0.1) is 12.7 Å². The molecule has 0 fully saturated rings. The Kier molecular flexibility index (Phi) is 5.78. The summed E-state index contributed by atoms with van der Waals surface area (Å²) < 4.78 is 23.7. The molecule has 0 bridgehead atoms. The number of ether oxygens (including phenoxy) is 1. The van der Waals surface area contributed by atoms with Gasteiger partial charge in [0.25, 0.3) is 5.91 Å². The van der Waals surface area contributed by atoms with E-state index in [0.717, 1.165) is 16.5 Å². The van der Waals surface area contributed by atoms with E-state index in [4.69, 9.17) is 9.15 Å². The first-order chi connectivity index (χ1) is 13.3. The molecule has 0 aliphatic heterocycles. The van der Waals surface area contributed by atoms with Crippen LogP contribution in [0.4, 0.5) is 4.39 Å². The Hall–Kier alpha value is -3.15. The summed E-state index contributed by atoms with van der Waals surface area (Å²) >= 11 is 0. The van der Waals surface area contributed by atoms with Gasteiger partial charge in [-0.1, -0.05) is 24.3 Å². The van der Waals surface area contributed by atoms with E-state index in [9.17, 15) is 14.0 Å². The van der Waals surface area contributed by atoms with Crippen LogP contribution >= 0.6 is 0 Å². The normalized spacial score (nSPS) is 13.1. The summed E-state index contributed by atoms with van der Waals surface area (Å²) in [4.78, 5) is 24.5. The highest BCUT2D eigenvalue weighted by molar-refractivity contribution is 5.88. The lowest BCUT2D eigenvalue weighted by Gasteiger charge is -2.18. The minimum atomic E-state index is -0.948. The zero-order chi connectivity index (χ0) is 20.3. The number of fused-ring (bicyclic) bond motifs is 1. The van der Waals surface area contributed by atoms with E-state index >= 15 is 0 Å². The first-order valence-corrected chi connectivity index (χ1v) is 9.05. The van der Waals surface area contributed by atoms with Gasteiger partial charge < -0.3 is 14.5 Å². The number of rotatable bonds is 6. The second kappa shape index (κ2) is 8.25. The highest BCUT2D eigenvalue weighted by Gasteiger charge is 2.21. The molecule has 0 unspecified atom stereocenters. The van der Waals surface area contributed by atoms with E-state index in [-0.39, 0.29) is 18.3 Å². The minimum Gasteiger partial charge on any atom is -0.464 e. The van der Waals surface area contributed by atoms with Crippen LogP contribution in [0.15, 0.2) is 53.1 Å². The van der Waals surface area contributed by atoms with Gasteiger partial charge in [0.15, 0.2) is 6.10 Å². The van der Waals surface area contributed by atoms with Gasteiger partial charge in [0.1, 0.15) is 11.4 Å². The van der Waals surface area contributed by atoms with Crippen molar-refractivity contribution in [2.75, 3.05) is 0 Å². The maximum Gasteiger partial charge on any atom is 0.311 e. The molecule has 3 rings (SSSR count). The molecule has 0 radical (unpaired) electrons. The number of benzene rings is 2. The largest absolute Gasteiger partial charge is 0.464 e. The molecule has 146 valence electrons. The van der Waals surface area contributed by atoms with E-state index in [2.05, 4.69) is 5.32 Å². The fraction of sp³-hybridized carbons (Fsp3) is 0.273. The summed E-state index contributed by atoms with van der Waals surface area (Å²) in [5.41, 5.74) is 3.25. The Balaban J connectivity index is 1.57. The van der Waals surface area contributed by atoms with Gasteiger partial charge in [0.05, 0.1) is 18.7 Å². The van der Waals surface area contributed by atoms with E-state index in [1.807, 2.05) is 25.1 Å². The van der Waals surface area contributed by atoms with Crippen molar-refractivity contribution >= 4 is 22.8 Å². The summed E-state index contributed by atoms with van der Waals surface area (Å²) in [6.45, 7) is 5.25. The monoisotopic (exact) mass is 383 g/mol. The number of nitrogens with one attached hydrogen (secondary N) is 1. The number of hydrogen-bond acceptors (Lipinski definition) is 4. The van der Waals surface area contributed by atoms with Crippen molar-refractivity contribution in [2.45, 2.75) is 39.3 Å². The third-order valence-electron chi connectivity index (χ3n) is 4.55. The van der Waals surface area contributed by atoms with Gasteiger partial charge in [0.2, 0.25) is 0 Å². The van der Waals surface area contributed by atoms with Gasteiger partial charge in [-0.2, -0.15) is 0 Å². The van der Waals surface area contributed by atoms with Gasteiger partial charge in [0, 0.05) is 10.9 Å². The Labute approximate surface area is 162 Å². The van der Waals surface area contributed by atoms with Crippen molar-refractivity contribution < 1.29 is 23.1 Å². The van der Waals surface area contributed by atoms with Crippen LogP contribution in [-0.4, -0.2) is 18.0 Å². The SMILES string of the molecule is Cc1ccc2c(CC(=O)O[C@H](C)C(=O)N[C@H](C)c3ccc(F)cc3)coc2c1.